The number of esters is 2. The third-order valence-corrected chi connectivity index (χ3v) is 5.14. The number of carbonyl (C=O) groups is 2. The van der Waals surface area contributed by atoms with Crippen LogP contribution in [0.3, 0.4) is 0 Å². The van der Waals surface area contributed by atoms with E-state index in [2.05, 4.69) is 34.6 Å². The number of unbranched alkanes of at least 4 members (excludes halogenated alkanes) is 1. The highest BCUT2D eigenvalue weighted by atomic mass is 16.5. The van der Waals surface area contributed by atoms with E-state index in [1.165, 1.54) is 32.1 Å². The van der Waals surface area contributed by atoms with Gasteiger partial charge in [0.05, 0.1) is 13.2 Å². The lowest BCUT2D eigenvalue weighted by molar-refractivity contribution is -0.146. The Morgan fingerprint density at radius 1 is 0.778 bits per heavy atom. The summed E-state index contributed by atoms with van der Waals surface area (Å²) in [7, 11) is 0. The zero-order valence-electron chi connectivity index (χ0n) is 18.6. The molecule has 0 rings (SSSR count). The van der Waals surface area contributed by atoms with Crippen LogP contribution in [0.15, 0.2) is 0 Å². The second-order valence-corrected chi connectivity index (χ2v) is 8.39. The SMILES string of the molecule is CCCCC(CC)COC(=O)CCCC(=O)OCCC(C)CCCC(C)C. The van der Waals surface area contributed by atoms with Crippen molar-refractivity contribution in [1.82, 2.24) is 0 Å². The van der Waals surface area contributed by atoms with Crippen LogP contribution in [0.25, 0.3) is 0 Å². The van der Waals surface area contributed by atoms with Crippen LogP contribution in [-0.2, 0) is 19.1 Å². The molecule has 160 valence electrons. The van der Waals surface area contributed by atoms with Crippen molar-refractivity contribution in [2.75, 3.05) is 13.2 Å². The maximum Gasteiger partial charge on any atom is 0.305 e. The van der Waals surface area contributed by atoms with Crippen molar-refractivity contribution >= 4 is 11.9 Å². The largest absolute Gasteiger partial charge is 0.466 e. The summed E-state index contributed by atoms with van der Waals surface area (Å²) in [5, 5.41) is 0. The number of rotatable bonds is 17. The van der Waals surface area contributed by atoms with E-state index in [4.69, 9.17) is 9.47 Å². The zero-order chi connectivity index (χ0) is 20.5. The topological polar surface area (TPSA) is 52.6 Å². The average molecular weight is 385 g/mol. The van der Waals surface area contributed by atoms with Crippen LogP contribution in [-0.4, -0.2) is 25.2 Å². The fourth-order valence-electron chi connectivity index (χ4n) is 3.02. The van der Waals surface area contributed by atoms with Gasteiger partial charge in [-0.1, -0.05) is 73.1 Å². The summed E-state index contributed by atoms with van der Waals surface area (Å²) in [6.45, 7) is 12.0. The standard InChI is InChI=1S/C23H44O4/c1-6-8-13-21(7-2)18-27-23(25)15-10-14-22(24)26-17-16-20(5)12-9-11-19(3)4/h19-21H,6-18H2,1-5H3. The quantitative estimate of drug-likeness (QED) is 0.276. The van der Waals surface area contributed by atoms with Crippen molar-refractivity contribution in [3.63, 3.8) is 0 Å². The summed E-state index contributed by atoms with van der Waals surface area (Å²) in [5.74, 6) is 1.40. The summed E-state index contributed by atoms with van der Waals surface area (Å²) >= 11 is 0. The molecule has 27 heavy (non-hydrogen) atoms. The molecule has 0 saturated carbocycles. The fourth-order valence-corrected chi connectivity index (χ4v) is 3.02. The molecule has 4 heteroatoms. The van der Waals surface area contributed by atoms with Gasteiger partial charge in [0, 0.05) is 12.8 Å². The molecule has 0 N–H and O–H groups in total. The van der Waals surface area contributed by atoms with Crippen LogP contribution >= 0.6 is 0 Å². The molecule has 0 aliphatic rings. The fraction of sp³-hybridized carbons (Fsp3) is 0.913. The minimum atomic E-state index is -0.202. The number of hydrogen-bond donors (Lipinski definition) is 0. The van der Waals surface area contributed by atoms with Crippen molar-refractivity contribution in [1.29, 1.82) is 0 Å². The molecule has 0 bridgehead atoms. The molecule has 0 aromatic heterocycles. The molecule has 2 atom stereocenters. The molecule has 0 fully saturated rings. The highest BCUT2D eigenvalue weighted by molar-refractivity contribution is 5.72. The molecule has 0 radical (unpaired) electrons. The first-order valence-electron chi connectivity index (χ1n) is 11.2. The zero-order valence-corrected chi connectivity index (χ0v) is 18.6. The van der Waals surface area contributed by atoms with E-state index in [0.717, 1.165) is 25.2 Å². The van der Waals surface area contributed by atoms with E-state index in [1.807, 2.05) is 0 Å². The van der Waals surface area contributed by atoms with Gasteiger partial charge in [0.25, 0.3) is 0 Å². The highest BCUT2D eigenvalue weighted by Crippen LogP contribution is 2.16. The molecule has 0 aliphatic carbocycles. The van der Waals surface area contributed by atoms with Gasteiger partial charge in [-0.3, -0.25) is 9.59 Å². The predicted molar refractivity (Wildman–Crippen MR) is 112 cm³/mol. The minimum Gasteiger partial charge on any atom is -0.466 e. The van der Waals surface area contributed by atoms with Gasteiger partial charge in [0.15, 0.2) is 0 Å². The van der Waals surface area contributed by atoms with Crippen molar-refractivity contribution in [2.24, 2.45) is 17.8 Å². The Morgan fingerprint density at radius 2 is 1.44 bits per heavy atom. The van der Waals surface area contributed by atoms with E-state index < -0.39 is 0 Å². The van der Waals surface area contributed by atoms with Gasteiger partial charge in [0.2, 0.25) is 0 Å². The van der Waals surface area contributed by atoms with E-state index in [9.17, 15) is 9.59 Å². The smallest absolute Gasteiger partial charge is 0.305 e. The van der Waals surface area contributed by atoms with Gasteiger partial charge in [-0.05, 0) is 37.0 Å². The number of carbonyl (C=O) groups excluding carboxylic acids is 2. The number of hydrogen-bond acceptors (Lipinski definition) is 4. The molecule has 0 amide bonds. The number of ether oxygens (including phenoxy) is 2. The first-order chi connectivity index (χ1) is 12.9. The summed E-state index contributed by atoms with van der Waals surface area (Å²) in [4.78, 5) is 23.6. The Hall–Kier alpha value is -1.06. The monoisotopic (exact) mass is 384 g/mol. The van der Waals surface area contributed by atoms with Crippen LogP contribution in [0.1, 0.15) is 105 Å². The Kier molecular flexibility index (Phi) is 16.4. The lowest BCUT2D eigenvalue weighted by atomic mass is 9.98. The average Bonchev–Trinajstić information content (AvgIpc) is 2.61. The van der Waals surface area contributed by atoms with Crippen LogP contribution in [0.5, 0.6) is 0 Å². The van der Waals surface area contributed by atoms with E-state index >= 15 is 0 Å². The van der Waals surface area contributed by atoms with Gasteiger partial charge >= 0.3 is 11.9 Å². The van der Waals surface area contributed by atoms with Gasteiger partial charge in [0.1, 0.15) is 0 Å². The van der Waals surface area contributed by atoms with Crippen molar-refractivity contribution in [2.45, 2.75) is 105 Å². The van der Waals surface area contributed by atoms with Crippen LogP contribution in [0, 0.1) is 17.8 Å². The van der Waals surface area contributed by atoms with Crippen LogP contribution in [0.2, 0.25) is 0 Å². The first-order valence-corrected chi connectivity index (χ1v) is 11.2. The Morgan fingerprint density at radius 3 is 2.04 bits per heavy atom. The lowest BCUT2D eigenvalue weighted by Crippen LogP contribution is -2.14. The van der Waals surface area contributed by atoms with E-state index in [0.29, 0.717) is 44.3 Å². The molecule has 2 unspecified atom stereocenters. The summed E-state index contributed by atoms with van der Waals surface area (Å²) in [6, 6.07) is 0. The molecule has 0 aliphatic heterocycles. The maximum absolute atomic E-state index is 11.8. The van der Waals surface area contributed by atoms with Crippen LogP contribution < -0.4 is 0 Å². The van der Waals surface area contributed by atoms with Gasteiger partial charge in [-0.15, -0.1) is 0 Å². The molecule has 0 heterocycles. The van der Waals surface area contributed by atoms with Gasteiger partial charge < -0.3 is 9.47 Å². The second-order valence-electron chi connectivity index (χ2n) is 8.39. The van der Waals surface area contributed by atoms with Gasteiger partial charge in [-0.2, -0.15) is 0 Å². The van der Waals surface area contributed by atoms with E-state index in [-0.39, 0.29) is 11.9 Å². The van der Waals surface area contributed by atoms with Crippen LogP contribution in [0.4, 0.5) is 0 Å². The highest BCUT2D eigenvalue weighted by Gasteiger charge is 2.12. The molecule has 0 saturated heterocycles. The third kappa shape index (κ3) is 16.8. The summed E-state index contributed by atoms with van der Waals surface area (Å²) in [6.07, 6.45) is 10.2. The molecular formula is C23H44O4. The van der Waals surface area contributed by atoms with Crippen molar-refractivity contribution < 1.29 is 19.1 Å². The normalized spacial score (nSPS) is 13.4. The molecule has 4 nitrogen and oxygen atoms in total. The summed E-state index contributed by atoms with van der Waals surface area (Å²) in [5.41, 5.74) is 0. The molecule has 0 spiro atoms. The molecule has 0 aromatic carbocycles. The Labute approximate surface area is 167 Å². The van der Waals surface area contributed by atoms with Gasteiger partial charge in [-0.25, -0.2) is 0 Å². The Balaban J connectivity index is 3.68. The molecular weight excluding hydrogens is 340 g/mol. The Bertz CT molecular complexity index is 379. The van der Waals surface area contributed by atoms with E-state index in [1.54, 1.807) is 0 Å². The predicted octanol–water partition coefficient (Wildman–Crippen LogP) is 6.31. The first kappa shape index (κ1) is 25.9. The maximum atomic E-state index is 11.8. The third-order valence-electron chi connectivity index (χ3n) is 5.14. The molecule has 0 aromatic rings. The summed E-state index contributed by atoms with van der Waals surface area (Å²) < 4.78 is 10.6. The van der Waals surface area contributed by atoms with Crippen molar-refractivity contribution in [3.05, 3.63) is 0 Å². The van der Waals surface area contributed by atoms with Crippen molar-refractivity contribution in [3.8, 4) is 0 Å². The minimum absolute atomic E-state index is 0.198. The lowest BCUT2D eigenvalue weighted by Gasteiger charge is -2.14. The second kappa shape index (κ2) is 17.1.